The van der Waals surface area contributed by atoms with Crippen LogP contribution < -0.4 is 4.80 Å². The topological polar surface area (TPSA) is 60.7 Å². The summed E-state index contributed by atoms with van der Waals surface area (Å²) in [6.45, 7) is 6.34. The molecule has 0 spiro atoms. The Morgan fingerprint density at radius 3 is 2.79 bits per heavy atom. The van der Waals surface area contributed by atoms with Crippen LogP contribution in [-0.2, 0) is 16.1 Å². The molecule has 0 saturated heterocycles. The zero-order chi connectivity index (χ0) is 17.7. The summed E-state index contributed by atoms with van der Waals surface area (Å²) in [5, 5.41) is 0. The summed E-state index contributed by atoms with van der Waals surface area (Å²) < 4.78 is 7.67. The van der Waals surface area contributed by atoms with Crippen molar-refractivity contribution in [3.05, 3.63) is 28.6 Å². The number of benzene rings is 1. The summed E-state index contributed by atoms with van der Waals surface area (Å²) >= 11 is 1.34. The third-order valence-corrected chi connectivity index (χ3v) is 4.29. The highest BCUT2D eigenvalue weighted by molar-refractivity contribution is 7.16. The Morgan fingerprint density at radius 2 is 2.17 bits per heavy atom. The fourth-order valence-electron chi connectivity index (χ4n) is 2.25. The molecule has 2 aromatic rings. The van der Waals surface area contributed by atoms with Crippen molar-refractivity contribution in [1.29, 1.82) is 0 Å². The normalized spacial score (nSPS) is 11.7. The van der Waals surface area contributed by atoms with E-state index in [1.807, 2.05) is 18.4 Å². The molecule has 0 bridgehead atoms. The van der Waals surface area contributed by atoms with Gasteiger partial charge in [0.05, 0.1) is 28.9 Å². The molecule has 1 aromatic carbocycles. The van der Waals surface area contributed by atoms with Crippen molar-refractivity contribution < 1.29 is 14.3 Å². The highest BCUT2D eigenvalue weighted by atomic mass is 32.1. The molecule has 0 radical (unpaired) electrons. The molecule has 2 rings (SSSR count). The molecule has 126 valence electrons. The van der Waals surface area contributed by atoms with Crippen LogP contribution in [0.25, 0.3) is 10.2 Å². The largest absolute Gasteiger partial charge is 0.462 e. The Kier molecular flexibility index (Phi) is 5.93. The Balaban J connectivity index is 2.53. The molecule has 1 amide bonds. The van der Waals surface area contributed by atoms with Gasteiger partial charge < -0.3 is 9.30 Å². The molecule has 0 aliphatic heterocycles. The monoisotopic (exact) mass is 344 g/mol. The standard InChI is InChI=1S/C18H20N2O3S/c1-5-9-20-14-8-7-13(17(22)23-6-2)11-15(14)24-18(20)19-16(21)10-12(3)4/h1,7-8,11-12H,6,9-10H2,2-4H3. The lowest BCUT2D eigenvalue weighted by Gasteiger charge is -2.03. The van der Waals surface area contributed by atoms with Crippen molar-refractivity contribution in [1.82, 2.24) is 4.57 Å². The molecule has 0 aliphatic carbocycles. The van der Waals surface area contributed by atoms with Crippen LogP contribution in [-0.4, -0.2) is 23.1 Å². The van der Waals surface area contributed by atoms with Crippen LogP contribution >= 0.6 is 11.3 Å². The number of nitrogens with zero attached hydrogens (tertiary/aromatic N) is 2. The number of carbonyl (C=O) groups is 2. The smallest absolute Gasteiger partial charge is 0.338 e. The maximum atomic E-state index is 12.0. The number of thiazole rings is 1. The van der Waals surface area contributed by atoms with Crippen LogP contribution in [0.1, 0.15) is 37.6 Å². The fourth-order valence-corrected chi connectivity index (χ4v) is 3.33. The van der Waals surface area contributed by atoms with Crippen molar-refractivity contribution in [2.75, 3.05) is 6.61 Å². The van der Waals surface area contributed by atoms with Gasteiger partial charge in [-0.25, -0.2) is 4.79 Å². The van der Waals surface area contributed by atoms with Crippen LogP contribution in [0.2, 0.25) is 0 Å². The molecule has 1 aromatic heterocycles. The van der Waals surface area contributed by atoms with Crippen LogP contribution in [0.5, 0.6) is 0 Å². The van der Waals surface area contributed by atoms with E-state index in [0.29, 0.717) is 29.9 Å². The number of hydrogen-bond donors (Lipinski definition) is 0. The number of rotatable bonds is 5. The molecular formula is C18H20N2O3S. The van der Waals surface area contributed by atoms with E-state index in [0.717, 1.165) is 10.2 Å². The number of aromatic nitrogens is 1. The Bertz CT molecular complexity index is 868. The van der Waals surface area contributed by atoms with Gasteiger partial charge in [-0.2, -0.15) is 4.99 Å². The van der Waals surface area contributed by atoms with Gasteiger partial charge in [-0.05, 0) is 31.0 Å². The number of amides is 1. The van der Waals surface area contributed by atoms with Crippen molar-refractivity contribution in [3.63, 3.8) is 0 Å². The third-order valence-electron chi connectivity index (χ3n) is 3.25. The summed E-state index contributed by atoms with van der Waals surface area (Å²) in [5.41, 5.74) is 1.32. The zero-order valence-electron chi connectivity index (χ0n) is 14.0. The molecule has 1 heterocycles. The van der Waals surface area contributed by atoms with Gasteiger partial charge in [-0.15, -0.1) is 6.42 Å². The number of hydrogen-bond acceptors (Lipinski definition) is 4. The SMILES string of the molecule is C#CCn1c(=NC(=O)CC(C)C)sc2cc(C(=O)OCC)ccc21. The Hall–Kier alpha value is -2.39. The van der Waals surface area contributed by atoms with Gasteiger partial charge in [-0.1, -0.05) is 31.1 Å². The molecular weight excluding hydrogens is 324 g/mol. The van der Waals surface area contributed by atoms with E-state index in [1.165, 1.54) is 11.3 Å². The second-order valence-corrected chi connectivity index (χ2v) is 6.69. The first-order chi connectivity index (χ1) is 11.5. The zero-order valence-corrected chi connectivity index (χ0v) is 14.9. The summed E-state index contributed by atoms with van der Waals surface area (Å²) in [6, 6.07) is 5.25. The van der Waals surface area contributed by atoms with Crippen molar-refractivity contribution in [2.24, 2.45) is 10.9 Å². The van der Waals surface area contributed by atoms with Gasteiger partial charge in [0.1, 0.15) is 0 Å². The van der Waals surface area contributed by atoms with Gasteiger partial charge in [0.15, 0.2) is 4.80 Å². The van der Waals surface area contributed by atoms with E-state index in [1.54, 1.807) is 25.1 Å². The van der Waals surface area contributed by atoms with Crippen molar-refractivity contribution in [3.8, 4) is 12.3 Å². The first-order valence-electron chi connectivity index (χ1n) is 7.77. The Labute approximate surface area is 145 Å². The Morgan fingerprint density at radius 1 is 1.42 bits per heavy atom. The van der Waals surface area contributed by atoms with Crippen molar-refractivity contribution >= 4 is 33.4 Å². The summed E-state index contributed by atoms with van der Waals surface area (Å²) in [5.74, 6) is 2.28. The minimum atomic E-state index is -0.370. The second-order valence-electron chi connectivity index (χ2n) is 5.68. The van der Waals surface area contributed by atoms with Crippen LogP contribution in [0.4, 0.5) is 0 Å². The predicted octanol–water partition coefficient (Wildman–Crippen LogP) is 2.99. The summed E-state index contributed by atoms with van der Waals surface area (Å²) in [6.07, 6.45) is 5.83. The fraction of sp³-hybridized carbons (Fsp3) is 0.389. The average molecular weight is 344 g/mol. The van der Waals surface area contributed by atoms with Crippen LogP contribution in [0.3, 0.4) is 0 Å². The summed E-state index contributed by atoms with van der Waals surface area (Å²) in [4.78, 5) is 28.6. The molecule has 0 fully saturated rings. The van der Waals surface area contributed by atoms with E-state index < -0.39 is 0 Å². The highest BCUT2D eigenvalue weighted by Crippen LogP contribution is 2.20. The highest BCUT2D eigenvalue weighted by Gasteiger charge is 2.12. The average Bonchev–Trinajstić information content (AvgIpc) is 2.84. The minimum absolute atomic E-state index is 0.173. The molecule has 0 unspecified atom stereocenters. The lowest BCUT2D eigenvalue weighted by Crippen LogP contribution is -2.17. The van der Waals surface area contributed by atoms with Gasteiger partial charge in [-0.3, -0.25) is 4.79 Å². The van der Waals surface area contributed by atoms with Crippen LogP contribution in [0.15, 0.2) is 23.2 Å². The van der Waals surface area contributed by atoms with E-state index in [4.69, 9.17) is 11.2 Å². The van der Waals surface area contributed by atoms with Gasteiger partial charge in [0.2, 0.25) is 5.91 Å². The molecule has 5 nitrogen and oxygen atoms in total. The minimum Gasteiger partial charge on any atom is -0.462 e. The van der Waals surface area contributed by atoms with E-state index >= 15 is 0 Å². The number of terminal acetylenes is 1. The number of ether oxygens (including phenoxy) is 1. The molecule has 0 saturated carbocycles. The maximum Gasteiger partial charge on any atom is 0.338 e. The predicted molar refractivity (Wildman–Crippen MR) is 94.6 cm³/mol. The molecule has 0 atom stereocenters. The number of esters is 1. The van der Waals surface area contributed by atoms with Gasteiger partial charge in [0.25, 0.3) is 0 Å². The number of carbonyl (C=O) groups excluding carboxylic acids is 2. The number of fused-ring (bicyclic) bond motifs is 1. The summed E-state index contributed by atoms with van der Waals surface area (Å²) in [7, 11) is 0. The molecule has 0 N–H and O–H groups in total. The van der Waals surface area contributed by atoms with E-state index in [9.17, 15) is 9.59 Å². The van der Waals surface area contributed by atoms with E-state index in [-0.39, 0.29) is 17.8 Å². The molecule has 24 heavy (non-hydrogen) atoms. The first-order valence-corrected chi connectivity index (χ1v) is 8.59. The maximum absolute atomic E-state index is 12.0. The molecule has 0 aliphatic rings. The lowest BCUT2D eigenvalue weighted by atomic mass is 10.1. The first kappa shape index (κ1) is 18.0. The van der Waals surface area contributed by atoms with Gasteiger partial charge >= 0.3 is 5.97 Å². The lowest BCUT2D eigenvalue weighted by molar-refractivity contribution is -0.118. The van der Waals surface area contributed by atoms with E-state index in [2.05, 4.69) is 10.9 Å². The third kappa shape index (κ3) is 4.12. The van der Waals surface area contributed by atoms with Gasteiger partial charge in [0, 0.05) is 6.42 Å². The van der Waals surface area contributed by atoms with Crippen LogP contribution in [0, 0.1) is 18.3 Å². The van der Waals surface area contributed by atoms with Crippen molar-refractivity contribution in [2.45, 2.75) is 33.7 Å². The quantitative estimate of drug-likeness (QED) is 0.619. The molecule has 6 heteroatoms. The second kappa shape index (κ2) is 7.93.